The Labute approximate surface area is 141 Å². The van der Waals surface area contributed by atoms with Gasteiger partial charge < -0.3 is 15.6 Å². The van der Waals surface area contributed by atoms with Crippen molar-refractivity contribution in [2.45, 2.75) is 26.4 Å². The van der Waals surface area contributed by atoms with Gasteiger partial charge in [-0.25, -0.2) is 0 Å². The summed E-state index contributed by atoms with van der Waals surface area (Å²) in [5.74, 6) is 0.253. The topological polar surface area (TPSA) is 75.8 Å². The highest BCUT2D eigenvalue weighted by Crippen LogP contribution is 2.38. The van der Waals surface area contributed by atoms with E-state index in [-0.39, 0.29) is 17.7 Å². The lowest BCUT2D eigenvalue weighted by Crippen LogP contribution is -2.43. The number of benzene rings is 2. The molecule has 2 aromatic carbocycles. The molecule has 1 unspecified atom stereocenters. The lowest BCUT2D eigenvalue weighted by molar-refractivity contribution is -0.122. The monoisotopic (exact) mass is 326 g/mol. The highest BCUT2D eigenvalue weighted by Gasteiger charge is 2.25. The predicted molar refractivity (Wildman–Crippen MR) is 92.8 cm³/mol. The van der Waals surface area contributed by atoms with Gasteiger partial charge in [0.05, 0.1) is 6.04 Å². The number of nitrogens with zero attached hydrogens (tertiary/aromatic N) is 1. The smallest absolute Gasteiger partial charge is 0.234 e. The van der Waals surface area contributed by atoms with Crippen LogP contribution in [0.15, 0.2) is 36.4 Å². The van der Waals surface area contributed by atoms with Crippen molar-refractivity contribution in [3.8, 4) is 22.6 Å². The molecule has 0 aliphatic carbocycles. The van der Waals surface area contributed by atoms with E-state index in [0.717, 1.165) is 22.3 Å². The number of fused-ring (bicyclic) bond motifs is 1. The number of primary amides is 1. The number of hydrogen-bond acceptors (Lipinski definition) is 4. The van der Waals surface area contributed by atoms with Gasteiger partial charge in [0.25, 0.3) is 0 Å². The van der Waals surface area contributed by atoms with Crippen LogP contribution in [0.1, 0.15) is 18.1 Å². The molecule has 0 saturated carbocycles. The largest absolute Gasteiger partial charge is 0.504 e. The maximum absolute atomic E-state index is 11.5. The number of nitrogens with two attached hydrogens (primary N) is 1. The van der Waals surface area contributed by atoms with Gasteiger partial charge in [-0.05, 0) is 42.7 Å². The van der Waals surface area contributed by atoms with Crippen molar-refractivity contribution < 1.29 is 14.6 Å². The lowest BCUT2D eigenvalue weighted by atomic mass is 9.97. The van der Waals surface area contributed by atoms with Crippen molar-refractivity contribution in [1.82, 2.24) is 4.90 Å². The van der Waals surface area contributed by atoms with E-state index in [2.05, 4.69) is 0 Å². The van der Waals surface area contributed by atoms with Crippen LogP contribution in [-0.2, 0) is 11.3 Å². The van der Waals surface area contributed by atoms with E-state index in [1.165, 1.54) is 0 Å². The molecule has 0 radical (unpaired) electrons. The van der Waals surface area contributed by atoms with E-state index in [9.17, 15) is 9.90 Å². The Morgan fingerprint density at radius 2 is 2.08 bits per heavy atom. The van der Waals surface area contributed by atoms with Gasteiger partial charge in [-0.15, -0.1) is 0 Å². The molecular weight excluding hydrogens is 304 g/mol. The third-order valence-corrected chi connectivity index (χ3v) is 4.56. The van der Waals surface area contributed by atoms with E-state index in [1.807, 2.05) is 42.2 Å². The third kappa shape index (κ3) is 3.08. The molecule has 3 N–H and O–H groups in total. The second-order valence-electron chi connectivity index (χ2n) is 6.20. The Kier molecular flexibility index (Phi) is 4.44. The maximum Gasteiger partial charge on any atom is 0.234 e. The molecule has 0 aromatic heterocycles. The first-order chi connectivity index (χ1) is 11.5. The standard InChI is InChI=1S/C19H22N2O3/c1-12-5-3-4-6-16(12)14-9-15-11-21(13(2)19(20)23)7-8-24-18(15)17(22)10-14/h3-6,9-10,13,22H,7-8,11H2,1-2H3,(H2,20,23). The number of ether oxygens (including phenoxy) is 1. The number of amides is 1. The Bertz CT molecular complexity index is 773. The quantitative estimate of drug-likeness (QED) is 0.908. The first kappa shape index (κ1) is 16.3. The summed E-state index contributed by atoms with van der Waals surface area (Å²) >= 11 is 0. The number of carbonyl (C=O) groups excluding carboxylic acids is 1. The molecule has 1 heterocycles. The summed E-state index contributed by atoms with van der Waals surface area (Å²) in [5, 5.41) is 10.4. The predicted octanol–water partition coefficient (Wildman–Crippen LogP) is 2.44. The van der Waals surface area contributed by atoms with Gasteiger partial charge in [0.1, 0.15) is 6.61 Å². The number of aryl methyl sites for hydroxylation is 1. The molecule has 1 atom stereocenters. The van der Waals surface area contributed by atoms with E-state index < -0.39 is 0 Å². The molecule has 126 valence electrons. The van der Waals surface area contributed by atoms with Crippen molar-refractivity contribution in [1.29, 1.82) is 0 Å². The van der Waals surface area contributed by atoms with Crippen molar-refractivity contribution in [2.75, 3.05) is 13.2 Å². The molecule has 0 fully saturated rings. The second kappa shape index (κ2) is 6.53. The number of hydrogen-bond donors (Lipinski definition) is 2. The van der Waals surface area contributed by atoms with Gasteiger partial charge in [0, 0.05) is 18.7 Å². The minimum atomic E-state index is -0.385. The fourth-order valence-corrected chi connectivity index (χ4v) is 3.08. The van der Waals surface area contributed by atoms with Crippen molar-refractivity contribution in [2.24, 2.45) is 5.73 Å². The van der Waals surface area contributed by atoms with Crippen molar-refractivity contribution in [3.63, 3.8) is 0 Å². The van der Waals surface area contributed by atoms with E-state index in [4.69, 9.17) is 10.5 Å². The summed E-state index contributed by atoms with van der Waals surface area (Å²) < 4.78 is 5.72. The first-order valence-corrected chi connectivity index (χ1v) is 8.05. The Balaban J connectivity index is 2.03. The molecule has 3 rings (SSSR count). The normalized spacial score (nSPS) is 15.9. The van der Waals surface area contributed by atoms with Crippen LogP contribution < -0.4 is 10.5 Å². The zero-order chi connectivity index (χ0) is 17.3. The SMILES string of the molecule is Cc1ccccc1-c1cc(O)c2c(c1)CN(C(C)C(N)=O)CCO2. The molecule has 0 bridgehead atoms. The lowest BCUT2D eigenvalue weighted by Gasteiger charge is -2.24. The molecular formula is C19H22N2O3. The van der Waals surface area contributed by atoms with Crippen molar-refractivity contribution in [3.05, 3.63) is 47.5 Å². The Hall–Kier alpha value is -2.53. The van der Waals surface area contributed by atoms with Gasteiger partial charge in [0.2, 0.25) is 5.91 Å². The van der Waals surface area contributed by atoms with Crippen LogP contribution in [0.2, 0.25) is 0 Å². The molecule has 0 spiro atoms. The van der Waals surface area contributed by atoms with E-state index in [1.54, 1.807) is 13.0 Å². The summed E-state index contributed by atoms with van der Waals surface area (Å²) in [4.78, 5) is 13.5. The van der Waals surface area contributed by atoms with Gasteiger partial charge in [0.15, 0.2) is 11.5 Å². The number of rotatable bonds is 3. The summed E-state index contributed by atoms with van der Waals surface area (Å²) in [6, 6.07) is 11.4. The van der Waals surface area contributed by atoms with Gasteiger partial charge in [-0.1, -0.05) is 24.3 Å². The number of aromatic hydroxyl groups is 1. The number of phenolic OH excluding ortho intramolecular Hbond substituents is 1. The minimum absolute atomic E-state index is 0.124. The molecule has 2 aromatic rings. The second-order valence-corrected chi connectivity index (χ2v) is 6.20. The molecule has 24 heavy (non-hydrogen) atoms. The molecule has 0 saturated heterocycles. The van der Waals surface area contributed by atoms with Gasteiger partial charge in [-0.2, -0.15) is 0 Å². The maximum atomic E-state index is 11.5. The highest BCUT2D eigenvalue weighted by atomic mass is 16.5. The van der Waals surface area contributed by atoms with Gasteiger partial charge in [-0.3, -0.25) is 9.69 Å². The Morgan fingerprint density at radius 3 is 2.79 bits per heavy atom. The van der Waals surface area contributed by atoms with Crippen LogP contribution in [0.5, 0.6) is 11.5 Å². The van der Waals surface area contributed by atoms with Crippen LogP contribution in [0.3, 0.4) is 0 Å². The van der Waals surface area contributed by atoms with E-state index >= 15 is 0 Å². The van der Waals surface area contributed by atoms with Crippen LogP contribution >= 0.6 is 0 Å². The minimum Gasteiger partial charge on any atom is -0.504 e. The van der Waals surface area contributed by atoms with Crippen molar-refractivity contribution >= 4 is 5.91 Å². The third-order valence-electron chi connectivity index (χ3n) is 4.56. The van der Waals surface area contributed by atoms with Crippen LogP contribution in [0.25, 0.3) is 11.1 Å². The average molecular weight is 326 g/mol. The Morgan fingerprint density at radius 1 is 1.33 bits per heavy atom. The zero-order valence-electron chi connectivity index (χ0n) is 14.0. The molecule has 1 amide bonds. The summed E-state index contributed by atoms with van der Waals surface area (Å²) in [6.07, 6.45) is 0. The van der Waals surface area contributed by atoms with E-state index in [0.29, 0.717) is 25.4 Å². The first-order valence-electron chi connectivity index (χ1n) is 8.05. The fourth-order valence-electron chi connectivity index (χ4n) is 3.08. The summed E-state index contributed by atoms with van der Waals surface area (Å²) in [5.41, 5.74) is 9.43. The summed E-state index contributed by atoms with van der Waals surface area (Å²) in [6.45, 7) is 5.32. The van der Waals surface area contributed by atoms with Gasteiger partial charge >= 0.3 is 0 Å². The highest BCUT2D eigenvalue weighted by molar-refractivity contribution is 5.79. The fraction of sp³-hybridized carbons (Fsp3) is 0.316. The van der Waals surface area contributed by atoms with Crippen LogP contribution in [-0.4, -0.2) is 35.1 Å². The zero-order valence-corrected chi connectivity index (χ0v) is 14.0. The molecule has 5 heteroatoms. The van der Waals surface area contributed by atoms with Crippen LogP contribution in [0, 0.1) is 6.92 Å². The summed E-state index contributed by atoms with van der Waals surface area (Å²) in [7, 11) is 0. The number of carbonyl (C=O) groups is 1. The average Bonchev–Trinajstić information content (AvgIpc) is 2.77. The molecule has 1 aliphatic heterocycles. The van der Waals surface area contributed by atoms with Crippen LogP contribution in [0.4, 0.5) is 0 Å². The number of phenols is 1. The molecule has 5 nitrogen and oxygen atoms in total. The molecule has 1 aliphatic rings.